The van der Waals surface area contributed by atoms with Gasteiger partial charge in [0, 0.05) is 22.1 Å². The first-order valence-electron chi connectivity index (χ1n) is 10.1. The van der Waals surface area contributed by atoms with Crippen LogP contribution in [0.4, 0.5) is 10.5 Å². The molecule has 4 amide bonds. The van der Waals surface area contributed by atoms with Crippen molar-refractivity contribution >= 4 is 41.2 Å². The zero-order valence-corrected chi connectivity index (χ0v) is 18.9. The van der Waals surface area contributed by atoms with E-state index >= 15 is 0 Å². The Morgan fingerprint density at radius 2 is 1.47 bits per heavy atom. The Balaban J connectivity index is 1.77. The van der Waals surface area contributed by atoms with Gasteiger partial charge in [-0.3, -0.25) is 14.9 Å². The SMILES string of the molecule is Cc1cc(C)cc(N2C(=O)NC(=O)C(=Cc3cc(C)n(-c4ccc(Cl)cc4)c3C)C2=O)c1. The second-order valence-corrected chi connectivity index (χ2v) is 8.38. The van der Waals surface area contributed by atoms with Gasteiger partial charge in [0.25, 0.3) is 11.8 Å². The summed E-state index contributed by atoms with van der Waals surface area (Å²) in [5.41, 5.74) is 5.57. The van der Waals surface area contributed by atoms with Gasteiger partial charge in [-0.25, -0.2) is 9.69 Å². The number of urea groups is 1. The van der Waals surface area contributed by atoms with E-state index in [0.29, 0.717) is 16.3 Å². The lowest BCUT2D eigenvalue weighted by Gasteiger charge is -2.27. The number of nitrogens with one attached hydrogen (secondary N) is 1. The molecule has 7 heteroatoms. The van der Waals surface area contributed by atoms with Crippen LogP contribution in [0, 0.1) is 27.7 Å². The molecule has 1 aromatic heterocycles. The number of barbiturate groups is 1. The molecule has 0 radical (unpaired) electrons. The fourth-order valence-electron chi connectivity index (χ4n) is 4.05. The highest BCUT2D eigenvalue weighted by Gasteiger charge is 2.37. The van der Waals surface area contributed by atoms with Crippen LogP contribution in [0.15, 0.2) is 54.1 Å². The van der Waals surface area contributed by atoms with E-state index < -0.39 is 17.8 Å². The standard InChI is InChI=1S/C25H22ClN3O3/c1-14-9-15(2)11-21(10-14)29-24(31)22(23(30)27-25(29)32)13-18-12-16(3)28(17(18)4)20-7-5-19(26)6-8-20/h5-13H,1-4H3,(H,27,30,32). The van der Waals surface area contributed by atoms with E-state index in [2.05, 4.69) is 5.32 Å². The molecule has 1 aliphatic rings. The summed E-state index contributed by atoms with van der Waals surface area (Å²) in [6, 6.07) is 14.0. The summed E-state index contributed by atoms with van der Waals surface area (Å²) in [5, 5.41) is 2.92. The van der Waals surface area contributed by atoms with E-state index in [1.54, 1.807) is 24.3 Å². The minimum absolute atomic E-state index is 0.0971. The third-order valence-corrected chi connectivity index (χ3v) is 5.67. The summed E-state index contributed by atoms with van der Waals surface area (Å²) < 4.78 is 2.01. The molecule has 4 rings (SSSR count). The van der Waals surface area contributed by atoms with Crippen molar-refractivity contribution in [2.24, 2.45) is 0 Å². The minimum Gasteiger partial charge on any atom is -0.318 e. The predicted molar refractivity (Wildman–Crippen MR) is 125 cm³/mol. The van der Waals surface area contributed by atoms with Gasteiger partial charge in [0.1, 0.15) is 5.57 Å². The maximum Gasteiger partial charge on any atom is 0.335 e. The first-order chi connectivity index (χ1) is 15.2. The van der Waals surface area contributed by atoms with Crippen LogP contribution in [0.5, 0.6) is 0 Å². The van der Waals surface area contributed by atoms with Gasteiger partial charge >= 0.3 is 6.03 Å². The molecule has 0 spiro atoms. The molecule has 0 unspecified atom stereocenters. The highest BCUT2D eigenvalue weighted by molar-refractivity contribution is 6.39. The Hall–Kier alpha value is -3.64. The van der Waals surface area contributed by atoms with Crippen molar-refractivity contribution in [1.29, 1.82) is 0 Å². The van der Waals surface area contributed by atoms with Crippen LogP contribution in [-0.2, 0) is 9.59 Å². The molecule has 0 aliphatic carbocycles. The van der Waals surface area contributed by atoms with E-state index in [4.69, 9.17) is 11.6 Å². The van der Waals surface area contributed by atoms with E-state index in [1.165, 1.54) is 6.08 Å². The van der Waals surface area contributed by atoms with Gasteiger partial charge in [0.15, 0.2) is 0 Å². The number of rotatable bonds is 3. The summed E-state index contributed by atoms with van der Waals surface area (Å²) in [7, 11) is 0. The van der Waals surface area contributed by atoms with Crippen molar-refractivity contribution in [1.82, 2.24) is 9.88 Å². The number of nitrogens with zero attached hydrogens (tertiary/aromatic N) is 2. The van der Waals surface area contributed by atoms with Gasteiger partial charge in [0.2, 0.25) is 0 Å². The second kappa shape index (κ2) is 8.13. The van der Waals surface area contributed by atoms with Crippen LogP contribution >= 0.6 is 11.6 Å². The van der Waals surface area contributed by atoms with Crippen LogP contribution in [0.1, 0.15) is 28.1 Å². The minimum atomic E-state index is -0.756. The molecule has 2 heterocycles. The smallest absolute Gasteiger partial charge is 0.318 e. The maximum absolute atomic E-state index is 13.2. The van der Waals surface area contributed by atoms with E-state index in [0.717, 1.165) is 33.1 Å². The Morgan fingerprint density at radius 3 is 2.09 bits per heavy atom. The summed E-state index contributed by atoms with van der Waals surface area (Å²) in [6.45, 7) is 7.62. The lowest BCUT2D eigenvalue weighted by molar-refractivity contribution is -0.122. The Bertz CT molecular complexity index is 1280. The van der Waals surface area contributed by atoms with Crippen molar-refractivity contribution in [3.63, 3.8) is 0 Å². The molecule has 3 aromatic rings. The van der Waals surface area contributed by atoms with Crippen LogP contribution in [-0.4, -0.2) is 22.4 Å². The monoisotopic (exact) mass is 447 g/mol. The molecule has 0 bridgehead atoms. The number of aromatic nitrogens is 1. The first kappa shape index (κ1) is 21.6. The second-order valence-electron chi connectivity index (χ2n) is 7.94. The number of imide groups is 2. The van der Waals surface area contributed by atoms with Crippen LogP contribution in [0.3, 0.4) is 0 Å². The number of benzene rings is 2. The Morgan fingerprint density at radius 1 is 0.844 bits per heavy atom. The summed E-state index contributed by atoms with van der Waals surface area (Å²) in [5.74, 6) is -1.36. The summed E-state index contributed by atoms with van der Waals surface area (Å²) in [6.07, 6.45) is 1.54. The van der Waals surface area contributed by atoms with Crippen molar-refractivity contribution < 1.29 is 14.4 Å². The quantitative estimate of drug-likeness (QED) is 0.452. The number of aryl methyl sites for hydroxylation is 3. The predicted octanol–water partition coefficient (Wildman–Crippen LogP) is 5.03. The zero-order chi connectivity index (χ0) is 23.2. The van der Waals surface area contributed by atoms with Crippen molar-refractivity contribution in [2.45, 2.75) is 27.7 Å². The van der Waals surface area contributed by atoms with Gasteiger partial charge < -0.3 is 4.57 Å². The van der Waals surface area contributed by atoms with Crippen molar-refractivity contribution in [3.8, 4) is 5.69 Å². The van der Waals surface area contributed by atoms with Crippen molar-refractivity contribution in [3.05, 3.63) is 87.2 Å². The zero-order valence-electron chi connectivity index (χ0n) is 18.2. The number of hydrogen-bond donors (Lipinski definition) is 1. The Labute approximate surface area is 191 Å². The number of amides is 4. The van der Waals surface area contributed by atoms with Gasteiger partial charge in [-0.05, 0) is 92.9 Å². The Kier molecular flexibility index (Phi) is 5.48. The molecule has 1 fully saturated rings. The summed E-state index contributed by atoms with van der Waals surface area (Å²) >= 11 is 6.01. The van der Waals surface area contributed by atoms with Crippen LogP contribution < -0.4 is 10.2 Å². The summed E-state index contributed by atoms with van der Waals surface area (Å²) in [4.78, 5) is 39.3. The fraction of sp³-hybridized carbons (Fsp3) is 0.160. The normalized spacial score (nSPS) is 15.5. The highest BCUT2D eigenvalue weighted by atomic mass is 35.5. The van der Waals surface area contributed by atoms with E-state index in [1.807, 2.05) is 56.5 Å². The third kappa shape index (κ3) is 3.85. The van der Waals surface area contributed by atoms with Gasteiger partial charge in [-0.2, -0.15) is 0 Å². The molecular formula is C25H22ClN3O3. The van der Waals surface area contributed by atoms with Gasteiger partial charge in [-0.15, -0.1) is 0 Å². The molecule has 0 saturated carbocycles. The lowest BCUT2D eigenvalue weighted by Crippen LogP contribution is -2.54. The molecule has 1 saturated heterocycles. The van der Waals surface area contributed by atoms with Gasteiger partial charge in [0.05, 0.1) is 5.69 Å². The number of hydrogen-bond acceptors (Lipinski definition) is 3. The van der Waals surface area contributed by atoms with Crippen molar-refractivity contribution in [2.75, 3.05) is 4.90 Å². The number of carbonyl (C=O) groups is 3. The highest BCUT2D eigenvalue weighted by Crippen LogP contribution is 2.27. The number of anilines is 1. The fourth-order valence-corrected chi connectivity index (χ4v) is 4.17. The van der Waals surface area contributed by atoms with Crippen LogP contribution in [0.25, 0.3) is 11.8 Å². The lowest BCUT2D eigenvalue weighted by atomic mass is 10.1. The molecule has 0 atom stereocenters. The average Bonchev–Trinajstić information content (AvgIpc) is 2.98. The molecule has 1 aliphatic heterocycles. The topological polar surface area (TPSA) is 71.4 Å². The maximum atomic E-state index is 13.2. The molecule has 32 heavy (non-hydrogen) atoms. The molecule has 162 valence electrons. The molecule has 6 nitrogen and oxygen atoms in total. The number of halogens is 1. The first-order valence-corrected chi connectivity index (χ1v) is 10.5. The van der Waals surface area contributed by atoms with E-state index in [9.17, 15) is 14.4 Å². The third-order valence-electron chi connectivity index (χ3n) is 5.42. The molecular weight excluding hydrogens is 426 g/mol. The number of carbonyl (C=O) groups excluding carboxylic acids is 3. The molecule has 2 aromatic carbocycles. The average molecular weight is 448 g/mol. The van der Waals surface area contributed by atoms with Gasteiger partial charge in [-0.1, -0.05) is 17.7 Å². The van der Waals surface area contributed by atoms with E-state index in [-0.39, 0.29) is 5.57 Å². The van der Waals surface area contributed by atoms with Crippen LogP contribution in [0.2, 0.25) is 5.02 Å². The largest absolute Gasteiger partial charge is 0.335 e. The molecule has 1 N–H and O–H groups in total.